The lowest BCUT2D eigenvalue weighted by Crippen LogP contribution is -2.20. The number of fused-ring (bicyclic) bond motifs is 3. The molecule has 0 aromatic carbocycles. The molecule has 17 heavy (non-hydrogen) atoms. The summed E-state index contributed by atoms with van der Waals surface area (Å²) in [5, 5.41) is 15.7. The maximum Gasteiger partial charge on any atom is 0.354 e. The van der Waals surface area contributed by atoms with Crippen molar-refractivity contribution in [2.45, 2.75) is 12.3 Å². The molecule has 2 aromatic heterocycles. The van der Waals surface area contributed by atoms with Gasteiger partial charge in [-0.15, -0.1) is 0 Å². The van der Waals surface area contributed by atoms with Gasteiger partial charge in [-0.25, -0.2) is 4.79 Å². The van der Waals surface area contributed by atoms with Crippen molar-refractivity contribution in [2.24, 2.45) is 5.73 Å². The van der Waals surface area contributed by atoms with E-state index >= 15 is 0 Å². The van der Waals surface area contributed by atoms with Gasteiger partial charge < -0.3 is 15.3 Å². The second-order valence-corrected chi connectivity index (χ2v) is 4.06. The Morgan fingerprint density at radius 3 is 3.24 bits per heavy atom. The highest BCUT2D eigenvalue weighted by Crippen LogP contribution is 2.40. The summed E-state index contributed by atoms with van der Waals surface area (Å²) in [5.41, 5.74) is 8.01. The first-order chi connectivity index (χ1) is 8.22. The van der Waals surface area contributed by atoms with Gasteiger partial charge in [-0.3, -0.25) is 5.10 Å². The molecule has 6 nitrogen and oxygen atoms in total. The maximum absolute atomic E-state index is 11.1. The lowest BCUT2D eigenvalue weighted by Gasteiger charge is -2.19. The molecule has 2 heterocycles. The number of hydrogen-bond donors (Lipinski definition) is 3. The maximum atomic E-state index is 11.1. The van der Waals surface area contributed by atoms with Gasteiger partial charge in [-0.05, 0) is 12.6 Å². The highest BCUT2D eigenvalue weighted by molar-refractivity contribution is 5.90. The van der Waals surface area contributed by atoms with E-state index in [9.17, 15) is 4.79 Å². The molecule has 4 N–H and O–H groups in total. The molecule has 0 radical (unpaired) electrons. The number of aromatic carboxylic acids is 1. The Kier molecular flexibility index (Phi) is 2.05. The molecule has 2 aromatic rings. The third-order valence-electron chi connectivity index (χ3n) is 3.14. The minimum Gasteiger partial charge on any atom is -0.477 e. The van der Waals surface area contributed by atoms with Crippen molar-refractivity contribution in [1.29, 1.82) is 0 Å². The van der Waals surface area contributed by atoms with Crippen LogP contribution in [0.25, 0.3) is 11.3 Å². The molecule has 0 bridgehead atoms. The Hall–Kier alpha value is -2.08. The number of nitrogens with two attached hydrogens (primary N) is 1. The second-order valence-electron chi connectivity index (χ2n) is 4.06. The fraction of sp³-hybridized carbons (Fsp3) is 0.273. The standard InChI is InChI=1S/C11H11N3O3/c12-4-5-3-7-6(1-2-17-7)9-8(5)10(11(15)16)14-13-9/h1-2,5H,3-4,12H2,(H,13,14)(H,15,16). The number of aromatic amines is 1. The molecule has 1 unspecified atom stereocenters. The van der Waals surface area contributed by atoms with Crippen molar-refractivity contribution in [1.82, 2.24) is 10.2 Å². The Bertz CT molecular complexity index is 585. The summed E-state index contributed by atoms with van der Waals surface area (Å²) < 4.78 is 5.36. The van der Waals surface area contributed by atoms with Crippen LogP contribution in [0.4, 0.5) is 0 Å². The van der Waals surface area contributed by atoms with Crippen LogP contribution in [0.15, 0.2) is 16.7 Å². The van der Waals surface area contributed by atoms with Crippen LogP contribution in [0.5, 0.6) is 0 Å². The van der Waals surface area contributed by atoms with E-state index in [2.05, 4.69) is 10.2 Å². The summed E-state index contributed by atoms with van der Waals surface area (Å²) in [5.74, 6) is -0.256. The minimum absolute atomic E-state index is 0.0616. The first-order valence-corrected chi connectivity index (χ1v) is 5.30. The van der Waals surface area contributed by atoms with E-state index in [0.717, 1.165) is 11.3 Å². The Balaban J connectivity index is 2.24. The van der Waals surface area contributed by atoms with Crippen molar-refractivity contribution < 1.29 is 14.3 Å². The summed E-state index contributed by atoms with van der Waals surface area (Å²) in [6.45, 7) is 0.368. The molecule has 0 spiro atoms. The molecule has 0 saturated carbocycles. The van der Waals surface area contributed by atoms with Gasteiger partial charge in [0.2, 0.25) is 0 Å². The van der Waals surface area contributed by atoms with Crippen molar-refractivity contribution in [3.05, 3.63) is 29.3 Å². The van der Waals surface area contributed by atoms with E-state index in [4.69, 9.17) is 15.3 Å². The van der Waals surface area contributed by atoms with Crippen LogP contribution < -0.4 is 5.73 Å². The third kappa shape index (κ3) is 1.31. The molecule has 0 amide bonds. The topological polar surface area (TPSA) is 105 Å². The van der Waals surface area contributed by atoms with Crippen molar-refractivity contribution in [2.75, 3.05) is 6.54 Å². The number of hydrogen-bond acceptors (Lipinski definition) is 4. The monoisotopic (exact) mass is 233 g/mol. The van der Waals surface area contributed by atoms with Gasteiger partial charge in [-0.1, -0.05) is 0 Å². The molecule has 3 rings (SSSR count). The lowest BCUT2D eigenvalue weighted by atomic mass is 9.85. The van der Waals surface area contributed by atoms with Crippen LogP contribution in [0, 0.1) is 0 Å². The first-order valence-electron chi connectivity index (χ1n) is 5.30. The van der Waals surface area contributed by atoms with Crippen molar-refractivity contribution >= 4 is 5.97 Å². The fourth-order valence-electron chi connectivity index (χ4n) is 2.35. The van der Waals surface area contributed by atoms with Crippen LogP contribution in [0.1, 0.15) is 27.7 Å². The fourth-order valence-corrected chi connectivity index (χ4v) is 2.35. The number of carbonyl (C=O) groups is 1. The molecule has 6 heteroatoms. The number of carboxylic acid groups (broad SMARTS) is 1. The summed E-state index contributed by atoms with van der Waals surface area (Å²) in [7, 11) is 0. The van der Waals surface area contributed by atoms with E-state index in [1.54, 1.807) is 12.3 Å². The number of carboxylic acids is 1. The van der Waals surface area contributed by atoms with Gasteiger partial charge in [0.25, 0.3) is 0 Å². The molecule has 0 fully saturated rings. The van der Waals surface area contributed by atoms with Gasteiger partial charge in [0.15, 0.2) is 0 Å². The predicted octanol–water partition coefficient (Wildman–Crippen LogP) is 0.966. The van der Waals surface area contributed by atoms with E-state index in [0.29, 0.717) is 24.2 Å². The van der Waals surface area contributed by atoms with E-state index in [1.165, 1.54) is 0 Å². The highest BCUT2D eigenvalue weighted by Gasteiger charge is 2.33. The zero-order valence-corrected chi connectivity index (χ0v) is 8.93. The number of nitrogens with one attached hydrogen (secondary N) is 1. The second kappa shape index (κ2) is 3.46. The Morgan fingerprint density at radius 2 is 2.53 bits per heavy atom. The number of rotatable bonds is 2. The molecule has 1 aliphatic rings. The van der Waals surface area contributed by atoms with Crippen molar-refractivity contribution in [3.8, 4) is 11.3 Å². The van der Waals surface area contributed by atoms with Gasteiger partial charge in [0.1, 0.15) is 11.5 Å². The van der Waals surface area contributed by atoms with Crippen LogP contribution in [-0.4, -0.2) is 27.8 Å². The Labute approximate surface area is 96.4 Å². The molecule has 1 aliphatic carbocycles. The average Bonchev–Trinajstić information content (AvgIpc) is 2.93. The van der Waals surface area contributed by atoms with E-state index in [-0.39, 0.29) is 11.6 Å². The predicted molar refractivity (Wildman–Crippen MR) is 58.7 cm³/mol. The number of aromatic nitrogens is 2. The van der Waals surface area contributed by atoms with Gasteiger partial charge in [0, 0.05) is 23.5 Å². The van der Waals surface area contributed by atoms with Crippen molar-refractivity contribution in [3.63, 3.8) is 0 Å². The normalized spacial score (nSPS) is 17.6. The van der Waals surface area contributed by atoms with Gasteiger partial charge >= 0.3 is 5.97 Å². The molecular weight excluding hydrogens is 222 g/mol. The van der Waals surface area contributed by atoms with E-state index < -0.39 is 5.97 Å². The zero-order valence-electron chi connectivity index (χ0n) is 8.93. The number of furan rings is 1. The summed E-state index contributed by atoms with van der Waals surface area (Å²) in [4.78, 5) is 11.1. The molecule has 1 atom stereocenters. The number of nitrogens with zero attached hydrogens (tertiary/aromatic N) is 1. The molecule has 0 aliphatic heterocycles. The first kappa shape index (κ1) is 10.1. The van der Waals surface area contributed by atoms with Crippen LogP contribution >= 0.6 is 0 Å². The molecular formula is C11H11N3O3. The largest absolute Gasteiger partial charge is 0.477 e. The van der Waals surface area contributed by atoms with Crippen LogP contribution in [0.2, 0.25) is 0 Å². The summed E-state index contributed by atoms with van der Waals surface area (Å²) >= 11 is 0. The van der Waals surface area contributed by atoms with E-state index in [1.807, 2.05) is 0 Å². The smallest absolute Gasteiger partial charge is 0.354 e. The quantitative estimate of drug-likeness (QED) is 0.716. The average molecular weight is 233 g/mol. The third-order valence-corrected chi connectivity index (χ3v) is 3.14. The van der Waals surface area contributed by atoms with Gasteiger partial charge in [-0.2, -0.15) is 5.10 Å². The van der Waals surface area contributed by atoms with Crippen LogP contribution in [-0.2, 0) is 6.42 Å². The van der Waals surface area contributed by atoms with Crippen LogP contribution in [0.3, 0.4) is 0 Å². The highest BCUT2D eigenvalue weighted by atomic mass is 16.4. The lowest BCUT2D eigenvalue weighted by molar-refractivity contribution is 0.0688. The summed E-state index contributed by atoms with van der Waals surface area (Å²) in [6, 6.07) is 1.80. The summed E-state index contributed by atoms with van der Waals surface area (Å²) in [6.07, 6.45) is 2.20. The van der Waals surface area contributed by atoms with Gasteiger partial charge in [0.05, 0.1) is 12.0 Å². The SMILES string of the molecule is NCC1Cc2occc2-c2n[nH]c(C(=O)O)c21. The Morgan fingerprint density at radius 1 is 1.71 bits per heavy atom. The molecule has 88 valence electrons. The minimum atomic E-state index is -1.01. The molecule has 0 saturated heterocycles. The number of H-pyrrole nitrogens is 1. The zero-order chi connectivity index (χ0) is 12.0.